The standard InChI is InChI=1S/C14H11BrN2O3/c15-11-3-1-2-9(4-11)5-13(18)17-12-6-10(14(19)20)7-16-8-12/h1-4,6-8H,5H2,(H,17,18)(H,19,20). The van der Waals surface area contributed by atoms with Crippen LogP contribution in [0.2, 0.25) is 0 Å². The number of halogens is 1. The number of carboxylic acids is 1. The lowest BCUT2D eigenvalue weighted by atomic mass is 10.1. The highest BCUT2D eigenvalue weighted by Gasteiger charge is 2.08. The summed E-state index contributed by atoms with van der Waals surface area (Å²) < 4.78 is 0.900. The van der Waals surface area contributed by atoms with Crippen molar-refractivity contribution in [1.82, 2.24) is 4.98 Å². The van der Waals surface area contributed by atoms with Crippen molar-refractivity contribution in [2.24, 2.45) is 0 Å². The molecule has 1 aromatic heterocycles. The number of rotatable bonds is 4. The van der Waals surface area contributed by atoms with Gasteiger partial charge in [-0.2, -0.15) is 0 Å². The minimum absolute atomic E-state index is 0.0326. The number of aromatic nitrogens is 1. The molecule has 102 valence electrons. The summed E-state index contributed by atoms with van der Waals surface area (Å²) in [5.74, 6) is -1.31. The van der Waals surface area contributed by atoms with E-state index in [9.17, 15) is 9.59 Å². The molecule has 2 aromatic rings. The summed E-state index contributed by atoms with van der Waals surface area (Å²) in [5, 5.41) is 11.5. The first-order valence-corrected chi connectivity index (χ1v) is 6.56. The summed E-state index contributed by atoms with van der Waals surface area (Å²) in [6.45, 7) is 0. The number of hydrogen-bond donors (Lipinski definition) is 2. The highest BCUT2D eigenvalue weighted by molar-refractivity contribution is 9.10. The molecule has 0 aliphatic rings. The second kappa shape index (κ2) is 6.29. The zero-order chi connectivity index (χ0) is 14.5. The Kier molecular flexibility index (Phi) is 4.47. The predicted molar refractivity (Wildman–Crippen MR) is 77.7 cm³/mol. The molecular weight excluding hydrogens is 324 g/mol. The Morgan fingerprint density at radius 2 is 2.05 bits per heavy atom. The van der Waals surface area contributed by atoms with Crippen molar-refractivity contribution < 1.29 is 14.7 Å². The maximum Gasteiger partial charge on any atom is 0.337 e. The fourth-order valence-electron chi connectivity index (χ4n) is 1.66. The highest BCUT2D eigenvalue weighted by atomic mass is 79.9. The van der Waals surface area contributed by atoms with E-state index in [0.717, 1.165) is 10.0 Å². The molecule has 0 aliphatic heterocycles. The molecule has 0 spiro atoms. The number of amides is 1. The van der Waals surface area contributed by atoms with E-state index >= 15 is 0 Å². The number of pyridine rings is 1. The molecule has 0 fully saturated rings. The molecule has 5 nitrogen and oxygen atoms in total. The average Bonchev–Trinajstić information content (AvgIpc) is 2.38. The number of carbonyl (C=O) groups excluding carboxylic acids is 1. The fraction of sp³-hybridized carbons (Fsp3) is 0.0714. The number of nitrogens with one attached hydrogen (secondary N) is 1. The third kappa shape index (κ3) is 3.89. The van der Waals surface area contributed by atoms with Crippen molar-refractivity contribution in [2.45, 2.75) is 6.42 Å². The summed E-state index contributed by atoms with van der Waals surface area (Å²) in [5.41, 5.74) is 1.26. The van der Waals surface area contributed by atoms with Crippen LogP contribution in [0.1, 0.15) is 15.9 Å². The number of nitrogens with zero attached hydrogens (tertiary/aromatic N) is 1. The van der Waals surface area contributed by atoms with Crippen LogP contribution < -0.4 is 5.32 Å². The van der Waals surface area contributed by atoms with Crippen LogP contribution in [0.5, 0.6) is 0 Å². The van der Waals surface area contributed by atoms with Gasteiger partial charge in [0.05, 0.1) is 23.9 Å². The van der Waals surface area contributed by atoms with Crippen molar-refractivity contribution in [1.29, 1.82) is 0 Å². The normalized spacial score (nSPS) is 10.1. The van der Waals surface area contributed by atoms with Gasteiger partial charge in [-0.05, 0) is 23.8 Å². The Morgan fingerprint density at radius 1 is 1.25 bits per heavy atom. The topological polar surface area (TPSA) is 79.3 Å². The Labute approximate surface area is 123 Å². The molecule has 0 bridgehead atoms. The maximum atomic E-state index is 11.9. The van der Waals surface area contributed by atoms with Crippen LogP contribution in [0, 0.1) is 0 Å². The number of hydrogen-bond acceptors (Lipinski definition) is 3. The lowest BCUT2D eigenvalue weighted by Crippen LogP contribution is -2.15. The number of benzene rings is 1. The smallest absolute Gasteiger partial charge is 0.337 e. The Hall–Kier alpha value is -2.21. The molecule has 1 aromatic carbocycles. The monoisotopic (exact) mass is 334 g/mol. The predicted octanol–water partition coefficient (Wildman–Crippen LogP) is 2.72. The minimum Gasteiger partial charge on any atom is -0.478 e. The number of anilines is 1. The third-order valence-corrected chi connectivity index (χ3v) is 3.02. The van der Waals surface area contributed by atoms with Gasteiger partial charge in [-0.1, -0.05) is 28.1 Å². The van der Waals surface area contributed by atoms with E-state index in [1.54, 1.807) is 0 Å². The highest BCUT2D eigenvalue weighted by Crippen LogP contribution is 2.13. The maximum absolute atomic E-state index is 11.9. The first-order chi connectivity index (χ1) is 9.54. The Morgan fingerprint density at radius 3 is 2.75 bits per heavy atom. The molecule has 6 heteroatoms. The van der Waals surface area contributed by atoms with E-state index in [1.807, 2.05) is 24.3 Å². The molecule has 0 radical (unpaired) electrons. The van der Waals surface area contributed by atoms with Crippen molar-refractivity contribution in [3.05, 3.63) is 58.3 Å². The van der Waals surface area contributed by atoms with Gasteiger partial charge in [0.2, 0.25) is 5.91 Å². The first-order valence-electron chi connectivity index (χ1n) is 5.77. The van der Waals surface area contributed by atoms with Crippen LogP contribution in [0.25, 0.3) is 0 Å². The van der Waals surface area contributed by atoms with Gasteiger partial charge in [0.25, 0.3) is 0 Å². The van der Waals surface area contributed by atoms with Gasteiger partial charge >= 0.3 is 5.97 Å². The van der Waals surface area contributed by atoms with Crippen molar-refractivity contribution in [2.75, 3.05) is 5.32 Å². The molecule has 0 atom stereocenters. The molecule has 1 heterocycles. The zero-order valence-corrected chi connectivity index (χ0v) is 11.9. The Bertz CT molecular complexity index is 658. The van der Waals surface area contributed by atoms with E-state index in [4.69, 9.17) is 5.11 Å². The van der Waals surface area contributed by atoms with Crippen molar-refractivity contribution in [3.63, 3.8) is 0 Å². The first kappa shape index (κ1) is 14.2. The minimum atomic E-state index is -1.08. The molecule has 20 heavy (non-hydrogen) atoms. The van der Waals surface area contributed by atoms with Gasteiger partial charge in [0.1, 0.15) is 0 Å². The average molecular weight is 335 g/mol. The van der Waals surface area contributed by atoms with Crippen LogP contribution in [-0.2, 0) is 11.2 Å². The lowest BCUT2D eigenvalue weighted by molar-refractivity contribution is -0.115. The zero-order valence-electron chi connectivity index (χ0n) is 10.3. The van der Waals surface area contributed by atoms with Crippen LogP contribution in [0.15, 0.2) is 47.2 Å². The SMILES string of the molecule is O=C(Cc1cccc(Br)c1)Nc1cncc(C(=O)O)c1. The molecule has 0 saturated carbocycles. The second-order valence-corrected chi connectivity index (χ2v) is 5.04. The van der Waals surface area contributed by atoms with Crippen LogP contribution in [-0.4, -0.2) is 22.0 Å². The molecule has 2 rings (SSSR count). The summed E-state index contributed by atoms with van der Waals surface area (Å²) in [4.78, 5) is 26.5. The van der Waals surface area contributed by atoms with Gasteiger partial charge in [-0.3, -0.25) is 9.78 Å². The van der Waals surface area contributed by atoms with Crippen molar-refractivity contribution >= 4 is 33.5 Å². The van der Waals surface area contributed by atoms with E-state index in [2.05, 4.69) is 26.2 Å². The second-order valence-electron chi connectivity index (χ2n) is 4.12. The molecule has 1 amide bonds. The fourth-order valence-corrected chi connectivity index (χ4v) is 2.11. The molecular formula is C14H11BrN2O3. The van der Waals surface area contributed by atoms with E-state index in [0.29, 0.717) is 5.69 Å². The van der Waals surface area contributed by atoms with Crippen LogP contribution in [0.3, 0.4) is 0 Å². The van der Waals surface area contributed by atoms with Gasteiger partial charge in [-0.25, -0.2) is 4.79 Å². The largest absolute Gasteiger partial charge is 0.478 e. The number of aromatic carboxylic acids is 1. The lowest BCUT2D eigenvalue weighted by Gasteiger charge is -2.06. The number of carboxylic acid groups (broad SMARTS) is 1. The summed E-state index contributed by atoms with van der Waals surface area (Å²) in [6.07, 6.45) is 2.84. The van der Waals surface area contributed by atoms with Gasteiger partial charge in [-0.15, -0.1) is 0 Å². The van der Waals surface area contributed by atoms with Crippen LogP contribution in [0.4, 0.5) is 5.69 Å². The number of carbonyl (C=O) groups is 2. The van der Waals surface area contributed by atoms with Crippen LogP contribution >= 0.6 is 15.9 Å². The van der Waals surface area contributed by atoms with E-state index in [-0.39, 0.29) is 17.9 Å². The summed E-state index contributed by atoms with van der Waals surface area (Å²) in [7, 11) is 0. The van der Waals surface area contributed by atoms with Gasteiger partial charge in [0, 0.05) is 10.7 Å². The Balaban J connectivity index is 2.04. The molecule has 0 aliphatic carbocycles. The molecule has 0 unspecified atom stereocenters. The van der Waals surface area contributed by atoms with E-state index < -0.39 is 5.97 Å². The molecule has 0 saturated heterocycles. The molecule has 2 N–H and O–H groups in total. The summed E-state index contributed by atoms with van der Waals surface area (Å²) >= 11 is 3.34. The third-order valence-electron chi connectivity index (χ3n) is 2.52. The van der Waals surface area contributed by atoms with Gasteiger partial charge < -0.3 is 10.4 Å². The van der Waals surface area contributed by atoms with Crippen molar-refractivity contribution in [3.8, 4) is 0 Å². The van der Waals surface area contributed by atoms with E-state index in [1.165, 1.54) is 18.5 Å². The summed E-state index contributed by atoms with van der Waals surface area (Å²) in [6, 6.07) is 8.79. The quantitative estimate of drug-likeness (QED) is 0.900. The van der Waals surface area contributed by atoms with Gasteiger partial charge in [0.15, 0.2) is 0 Å².